The van der Waals surface area contributed by atoms with Crippen molar-refractivity contribution in [1.29, 1.82) is 0 Å². The van der Waals surface area contributed by atoms with Gasteiger partial charge < -0.3 is 5.11 Å². The molecule has 0 bridgehead atoms. The number of carboxylic acid groups (broad SMARTS) is 1. The van der Waals surface area contributed by atoms with Crippen molar-refractivity contribution in [2.45, 2.75) is 31.1 Å². The quantitative estimate of drug-likeness (QED) is 0.785. The molecule has 0 fully saturated rings. The van der Waals surface area contributed by atoms with Gasteiger partial charge in [-0.1, -0.05) is 25.5 Å². The summed E-state index contributed by atoms with van der Waals surface area (Å²) in [5.41, 5.74) is 1.09. The largest absolute Gasteiger partial charge is 0.481 e. The summed E-state index contributed by atoms with van der Waals surface area (Å²) in [5.74, 6) is -1.03. The monoisotopic (exact) mass is 271 g/mol. The Morgan fingerprint density at radius 2 is 1.89 bits per heavy atom. The average molecular weight is 271 g/mol. The van der Waals surface area contributed by atoms with Crippen LogP contribution in [0.25, 0.3) is 0 Å². The molecule has 0 unspecified atom stereocenters. The van der Waals surface area contributed by atoms with Gasteiger partial charge in [0, 0.05) is 6.54 Å². The van der Waals surface area contributed by atoms with E-state index in [-0.39, 0.29) is 17.9 Å². The van der Waals surface area contributed by atoms with E-state index in [1.54, 1.807) is 12.1 Å². The molecular weight excluding hydrogens is 254 g/mol. The Balaban J connectivity index is 2.69. The van der Waals surface area contributed by atoms with Crippen molar-refractivity contribution in [3.05, 3.63) is 29.8 Å². The molecule has 0 amide bonds. The summed E-state index contributed by atoms with van der Waals surface area (Å²) in [6.45, 7) is 1.95. The van der Waals surface area contributed by atoms with Crippen molar-refractivity contribution in [3.63, 3.8) is 0 Å². The van der Waals surface area contributed by atoms with Crippen LogP contribution in [0.3, 0.4) is 0 Å². The van der Waals surface area contributed by atoms with E-state index in [1.807, 2.05) is 0 Å². The minimum Gasteiger partial charge on any atom is -0.481 e. The van der Waals surface area contributed by atoms with Gasteiger partial charge in [-0.15, -0.1) is 0 Å². The van der Waals surface area contributed by atoms with Gasteiger partial charge in [-0.25, -0.2) is 13.1 Å². The third kappa shape index (κ3) is 4.46. The number of carboxylic acids is 1. The average Bonchev–Trinajstić information content (AvgIpc) is 2.29. The van der Waals surface area contributed by atoms with Crippen LogP contribution >= 0.6 is 0 Å². The molecule has 0 spiro atoms. The van der Waals surface area contributed by atoms with Gasteiger partial charge in [0.05, 0.1) is 11.3 Å². The fourth-order valence-electron chi connectivity index (χ4n) is 1.50. The molecule has 6 heteroatoms. The smallest absolute Gasteiger partial charge is 0.304 e. The summed E-state index contributed by atoms with van der Waals surface area (Å²) in [6, 6.07) is 6.62. The van der Waals surface area contributed by atoms with E-state index in [1.165, 1.54) is 12.1 Å². The summed E-state index contributed by atoms with van der Waals surface area (Å²) in [5, 5.41) is 8.44. The van der Waals surface area contributed by atoms with Crippen LogP contribution in [-0.2, 0) is 21.2 Å². The number of benzene rings is 1. The predicted octanol–water partition coefficient (Wildman–Crippen LogP) is 1.39. The van der Waals surface area contributed by atoms with Gasteiger partial charge in [0.2, 0.25) is 10.0 Å². The van der Waals surface area contributed by atoms with Crippen LogP contribution in [0.1, 0.15) is 25.3 Å². The van der Waals surface area contributed by atoms with E-state index in [0.29, 0.717) is 0 Å². The standard InChI is InChI=1S/C12H17NO4S/c1-2-3-10-4-6-11(7-5-10)18(16,17)13-9-8-12(14)15/h4-7,13H,2-3,8-9H2,1H3,(H,14,15). The fraction of sp³-hybridized carbons (Fsp3) is 0.417. The maximum Gasteiger partial charge on any atom is 0.304 e. The lowest BCUT2D eigenvalue weighted by Gasteiger charge is -2.06. The topological polar surface area (TPSA) is 83.5 Å². The molecule has 100 valence electrons. The third-order valence-corrected chi connectivity index (χ3v) is 3.88. The van der Waals surface area contributed by atoms with Crippen LogP contribution in [0.5, 0.6) is 0 Å². The number of sulfonamides is 1. The number of carbonyl (C=O) groups is 1. The molecule has 0 heterocycles. The van der Waals surface area contributed by atoms with Gasteiger partial charge in [0.25, 0.3) is 0 Å². The number of hydrogen-bond acceptors (Lipinski definition) is 3. The Morgan fingerprint density at radius 1 is 1.28 bits per heavy atom. The van der Waals surface area contributed by atoms with Crippen molar-refractivity contribution < 1.29 is 18.3 Å². The van der Waals surface area contributed by atoms with Crippen LogP contribution in [0.4, 0.5) is 0 Å². The minimum atomic E-state index is -3.60. The van der Waals surface area contributed by atoms with Crippen molar-refractivity contribution in [3.8, 4) is 0 Å². The lowest BCUT2D eigenvalue weighted by atomic mass is 10.1. The Morgan fingerprint density at radius 3 is 2.39 bits per heavy atom. The molecule has 18 heavy (non-hydrogen) atoms. The Bertz CT molecular complexity index is 493. The molecule has 1 rings (SSSR count). The lowest BCUT2D eigenvalue weighted by Crippen LogP contribution is -2.26. The first-order valence-corrected chi connectivity index (χ1v) is 7.24. The van der Waals surface area contributed by atoms with Gasteiger partial charge in [0.15, 0.2) is 0 Å². The number of aryl methyl sites for hydroxylation is 1. The molecular formula is C12H17NO4S. The number of rotatable bonds is 7. The van der Waals surface area contributed by atoms with Crippen LogP contribution in [0.15, 0.2) is 29.2 Å². The first-order valence-electron chi connectivity index (χ1n) is 5.76. The first-order chi connectivity index (χ1) is 8.45. The SMILES string of the molecule is CCCc1ccc(S(=O)(=O)NCCC(=O)O)cc1. The molecule has 1 aromatic rings. The normalized spacial score (nSPS) is 11.4. The highest BCUT2D eigenvalue weighted by Crippen LogP contribution is 2.11. The van der Waals surface area contributed by atoms with Gasteiger partial charge in [-0.3, -0.25) is 4.79 Å². The fourth-order valence-corrected chi connectivity index (χ4v) is 2.53. The second-order valence-corrected chi connectivity index (χ2v) is 5.70. The molecule has 0 aliphatic heterocycles. The maximum atomic E-state index is 11.8. The molecule has 0 aliphatic rings. The van der Waals surface area contributed by atoms with Gasteiger partial charge >= 0.3 is 5.97 Å². The molecule has 2 N–H and O–H groups in total. The molecule has 0 atom stereocenters. The van der Waals surface area contributed by atoms with Gasteiger partial charge in [-0.2, -0.15) is 0 Å². The van der Waals surface area contributed by atoms with Crippen molar-refractivity contribution in [1.82, 2.24) is 4.72 Å². The molecule has 0 saturated carbocycles. The Hall–Kier alpha value is -1.40. The zero-order chi connectivity index (χ0) is 13.6. The number of nitrogens with one attached hydrogen (secondary N) is 1. The van der Waals surface area contributed by atoms with Gasteiger partial charge in [0.1, 0.15) is 0 Å². The van der Waals surface area contributed by atoms with Crippen molar-refractivity contribution in [2.75, 3.05) is 6.54 Å². The summed E-state index contributed by atoms with van der Waals surface area (Å²) >= 11 is 0. The summed E-state index contributed by atoms with van der Waals surface area (Å²) < 4.78 is 25.8. The van der Waals surface area contributed by atoms with Gasteiger partial charge in [-0.05, 0) is 24.1 Å². The van der Waals surface area contributed by atoms with E-state index in [2.05, 4.69) is 11.6 Å². The second kappa shape index (κ2) is 6.51. The van der Waals surface area contributed by atoms with E-state index >= 15 is 0 Å². The Labute approximate surface area is 107 Å². The summed E-state index contributed by atoms with van der Waals surface area (Å²) in [7, 11) is -3.60. The van der Waals surface area contributed by atoms with E-state index < -0.39 is 16.0 Å². The van der Waals surface area contributed by atoms with Crippen LogP contribution in [-0.4, -0.2) is 26.0 Å². The highest BCUT2D eigenvalue weighted by Gasteiger charge is 2.13. The first kappa shape index (κ1) is 14.7. The molecule has 1 aromatic carbocycles. The predicted molar refractivity (Wildman–Crippen MR) is 67.9 cm³/mol. The van der Waals surface area contributed by atoms with Crippen LogP contribution < -0.4 is 4.72 Å². The zero-order valence-electron chi connectivity index (χ0n) is 10.2. The van der Waals surface area contributed by atoms with E-state index in [4.69, 9.17) is 5.11 Å². The third-order valence-electron chi connectivity index (χ3n) is 2.40. The second-order valence-electron chi connectivity index (χ2n) is 3.94. The van der Waals surface area contributed by atoms with Crippen LogP contribution in [0, 0.1) is 0 Å². The zero-order valence-corrected chi connectivity index (χ0v) is 11.0. The molecule has 0 radical (unpaired) electrons. The maximum absolute atomic E-state index is 11.8. The van der Waals surface area contributed by atoms with E-state index in [0.717, 1.165) is 18.4 Å². The lowest BCUT2D eigenvalue weighted by molar-refractivity contribution is -0.136. The van der Waals surface area contributed by atoms with Crippen LogP contribution in [0.2, 0.25) is 0 Å². The van der Waals surface area contributed by atoms with E-state index in [9.17, 15) is 13.2 Å². The van der Waals surface area contributed by atoms with Crippen molar-refractivity contribution >= 4 is 16.0 Å². The summed E-state index contributed by atoms with van der Waals surface area (Å²) in [4.78, 5) is 10.5. The Kier molecular flexibility index (Phi) is 5.30. The molecule has 0 saturated heterocycles. The molecule has 0 aliphatic carbocycles. The highest BCUT2D eigenvalue weighted by molar-refractivity contribution is 7.89. The summed E-state index contributed by atoms with van der Waals surface area (Å²) in [6.07, 6.45) is 1.68. The van der Waals surface area contributed by atoms with Crippen molar-refractivity contribution in [2.24, 2.45) is 0 Å². The number of aliphatic carboxylic acids is 1. The highest BCUT2D eigenvalue weighted by atomic mass is 32.2. The molecule has 0 aromatic heterocycles. The minimum absolute atomic E-state index is 0.103. The number of hydrogen-bond donors (Lipinski definition) is 2. The molecule has 5 nitrogen and oxygen atoms in total.